The van der Waals surface area contributed by atoms with Gasteiger partial charge in [-0.25, -0.2) is 0 Å². The highest BCUT2D eigenvalue weighted by atomic mass is 16.1. The Morgan fingerprint density at radius 3 is 2.83 bits per heavy atom. The Morgan fingerprint density at radius 1 is 1.42 bits per heavy atom. The number of hydrogen-bond acceptors (Lipinski definition) is 1. The van der Waals surface area contributed by atoms with E-state index in [2.05, 4.69) is 19.1 Å². The van der Waals surface area contributed by atoms with Gasteiger partial charge in [0.1, 0.15) is 6.29 Å². The minimum absolute atomic E-state index is 0.347. The fourth-order valence-electron chi connectivity index (χ4n) is 2.90. The summed E-state index contributed by atoms with van der Waals surface area (Å²) in [4.78, 5) is 10.8. The van der Waals surface area contributed by atoms with Crippen molar-refractivity contribution in [2.24, 2.45) is 23.7 Å². The number of aldehydes is 1. The third kappa shape index (κ3) is 1.03. The molecule has 1 heteroatoms. The van der Waals surface area contributed by atoms with Crippen molar-refractivity contribution in [2.45, 2.75) is 26.2 Å². The molecule has 1 unspecified atom stereocenters. The predicted octanol–water partition coefficient (Wildman–Crippen LogP) is 2.42. The standard InChI is InChI=1S/C11H16O/c1-2-3-10-8-4-5-9(6-8)11(10)7-12/h4-5,7-11H,2-3,6H2,1H3/t8-,9+,10?,11-/m0/s1. The van der Waals surface area contributed by atoms with E-state index in [1.807, 2.05) is 0 Å². The third-order valence-corrected chi connectivity index (χ3v) is 3.47. The van der Waals surface area contributed by atoms with E-state index in [4.69, 9.17) is 0 Å². The molecule has 0 amide bonds. The van der Waals surface area contributed by atoms with Crippen LogP contribution in [0.5, 0.6) is 0 Å². The van der Waals surface area contributed by atoms with Gasteiger partial charge in [0.15, 0.2) is 0 Å². The lowest BCUT2D eigenvalue weighted by molar-refractivity contribution is -0.113. The van der Waals surface area contributed by atoms with E-state index in [-0.39, 0.29) is 0 Å². The smallest absolute Gasteiger partial charge is 0.123 e. The summed E-state index contributed by atoms with van der Waals surface area (Å²) in [7, 11) is 0. The van der Waals surface area contributed by atoms with E-state index in [1.165, 1.54) is 25.5 Å². The van der Waals surface area contributed by atoms with Gasteiger partial charge in [-0.3, -0.25) is 0 Å². The van der Waals surface area contributed by atoms with Crippen LogP contribution in [0.2, 0.25) is 0 Å². The normalized spacial score (nSPS) is 43.8. The van der Waals surface area contributed by atoms with Gasteiger partial charge < -0.3 is 4.79 Å². The minimum Gasteiger partial charge on any atom is -0.303 e. The zero-order valence-corrected chi connectivity index (χ0v) is 7.57. The molecule has 0 spiro atoms. The zero-order valence-electron chi connectivity index (χ0n) is 7.57. The Bertz CT molecular complexity index is 207. The average molecular weight is 164 g/mol. The molecule has 0 aliphatic heterocycles. The van der Waals surface area contributed by atoms with Crippen LogP contribution in [0, 0.1) is 23.7 Å². The van der Waals surface area contributed by atoms with Crippen LogP contribution in [-0.2, 0) is 4.79 Å². The summed E-state index contributed by atoms with van der Waals surface area (Å²) in [6, 6.07) is 0. The summed E-state index contributed by atoms with van der Waals surface area (Å²) in [6.07, 6.45) is 9.45. The molecule has 66 valence electrons. The van der Waals surface area contributed by atoms with Crippen LogP contribution in [0.25, 0.3) is 0 Å². The molecule has 2 rings (SSSR count). The van der Waals surface area contributed by atoms with Crippen LogP contribution < -0.4 is 0 Å². The number of carbonyl (C=O) groups is 1. The highest BCUT2D eigenvalue weighted by Crippen LogP contribution is 2.48. The SMILES string of the molecule is CCCC1[C@@H](C=O)[C@@H]2C=C[C@H]1C2. The van der Waals surface area contributed by atoms with Gasteiger partial charge in [-0.15, -0.1) is 0 Å². The van der Waals surface area contributed by atoms with Crippen molar-refractivity contribution in [1.29, 1.82) is 0 Å². The summed E-state index contributed by atoms with van der Waals surface area (Å²) in [5.74, 6) is 2.33. The van der Waals surface area contributed by atoms with Gasteiger partial charge in [0, 0.05) is 5.92 Å². The monoisotopic (exact) mass is 164 g/mol. The lowest BCUT2D eigenvalue weighted by Gasteiger charge is -2.22. The number of rotatable bonds is 3. The van der Waals surface area contributed by atoms with E-state index in [0.29, 0.717) is 17.8 Å². The van der Waals surface area contributed by atoms with Crippen LogP contribution >= 0.6 is 0 Å². The molecule has 1 nitrogen and oxygen atoms in total. The molecule has 0 saturated heterocycles. The van der Waals surface area contributed by atoms with Crippen LogP contribution in [0.15, 0.2) is 12.2 Å². The van der Waals surface area contributed by atoms with Crippen molar-refractivity contribution in [3.8, 4) is 0 Å². The first-order valence-electron chi connectivity index (χ1n) is 5.00. The molecular formula is C11H16O. The summed E-state index contributed by atoms with van der Waals surface area (Å²) < 4.78 is 0. The highest BCUT2D eigenvalue weighted by molar-refractivity contribution is 5.57. The molecule has 12 heavy (non-hydrogen) atoms. The van der Waals surface area contributed by atoms with Crippen molar-refractivity contribution < 1.29 is 4.79 Å². The van der Waals surface area contributed by atoms with Crippen molar-refractivity contribution >= 4 is 6.29 Å². The largest absolute Gasteiger partial charge is 0.303 e. The first-order valence-corrected chi connectivity index (χ1v) is 5.00. The Hall–Kier alpha value is -0.590. The van der Waals surface area contributed by atoms with Gasteiger partial charge in [0.25, 0.3) is 0 Å². The van der Waals surface area contributed by atoms with Crippen LogP contribution in [-0.4, -0.2) is 6.29 Å². The summed E-state index contributed by atoms with van der Waals surface area (Å²) in [5, 5.41) is 0. The minimum atomic E-state index is 0.347. The second-order valence-corrected chi connectivity index (χ2v) is 4.11. The molecule has 0 radical (unpaired) electrons. The van der Waals surface area contributed by atoms with Gasteiger partial charge >= 0.3 is 0 Å². The second-order valence-electron chi connectivity index (χ2n) is 4.11. The average Bonchev–Trinajstić information content (AvgIpc) is 2.64. The topological polar surface area (TPSA) is 17.1 Å². The third-order valence-electron chi connectivity index (χ3n) is 3.47. The first kappa shape index (κ1) is 8.03. The maximum atomic E-state index is 10.8. The van der Waals surface area contributed by atoms with Gasteiger partial charge in [0.05, 0.1) is 0 Å². The molecule has 0 N–H and O–H groups in total. The number of hydrogen-bond donors (Lipinski definition) is 0. The fraction of sp³-hybridized carbons (Fsp3) is 0.727. The molecule has 2 aliphatic rings. The van der Waals surface area contributed by atoms with Gasteiger partial charge in [-0.05, 0) is 30.6 Å². The maximum absolute atomic E-state index is 10.8. The number of carbonyl (C=O) groups excluding carboxylic acids is 1. The van der Waals surface area contributed by atoms with Crippen LogP contribution in [0.4, 0.5) is 0 Å². The van der Waals surface area contributed by atoms with Crippen LogP contribution in [0.3, 0.4) is 0 Å². The van der Waals surface area contributed by atoms with E-state index in [0.717, 1.165) is 5.92 Å². The molecule has 0 aromatic rings. The Morgan fingerprint density at radius 2 is 2.17 bits per heavy atom. The second kappa shape index (κ2) is 3.04. The molecule has 1 fully saturated rings. The Kier molecular flexibility index (Phi) is 2.03. The molecule has 1 saturated carbocycles. The molecule has 2 bridgehead atoms. The summed E-state index contributed by atoms with van der Waals surface area (Å²) >= 11 is 0. The Labute approximate surface area is 73.8 Å². The molecule has 0 heterocycles. The quantitative estimate of drug-likeness (QED) is 0.462. The lowest BCUT2D eigenvalue weighted by atomic mass is 9.81. The maximum Gasteiger partial charge on any atom is 0.123 e. The lowest BCUT2D eigenvalue weighted by Crippen LogP contribution is -2.20. The van der Waals surface area contributed by atoms with Gasteiger partial charge in [-0.2, -0.15) is 0 Å². The predicted molar refractivity (Wildman–Crippen MR) is 48.7 cm³/mol. The number of allylic oxidation sites excluding steroid dienone is 2. The van der Waals surface area contributed by atoms with E-state index in [1.54, 1.807) is 0 Å². The molecule has 0 aromatic carbocycles. The fourth-order valence-corrected chi connectivity index (χ4v) is 2.90. The highest BCUT2D eigenvalue weighted by Gasteiger charge is 2.43. The first-order chi connectivity index (χ1) is 5.86. The summed E-state index contributed by atoms with van der Waals surface area (Å²) in [5.41, 5.74) is 0. The number of fused-ring (bicyclic) bond motifs is 2. The van der Waals surface area contributed by atoms with Gasteiger partial charge in [0.2, 0.25) is 0 Å². The van der Waals surface area contributed by atoms with Crippen molar-refractivity contribution in [3.05, 3.63) is 12.2 Å². The van der Waals surface area contributed by atoms with E-state index in [9.17, 15) is 4.79 Å². The van der Waals surface area contributed by atoms with E-state index < -0.39 is 0 Å². The summed E-state index contributed by atoms with van der Waals surface area (Å²) in [6.45, 7) is 2.21. The zero-order chi connectivity index (χ0) is 8.55. The molecule has 2 aliphatic carbocycles. The van der Waals surface area contributed by atoms with Gasteiger partial charge in [-0.1, -0.05) is 25.5 Å². The van der Waals surface area contributed by atoms with Crippen molar-refractivity contribution in [1.82, 2.24) is 0 Å². The van der Waals surface area contributed by atoms with Crippen molar-refractivity contribution in [2.75, 3.05) is 0 Å². The molecule has 4 atom stereocenters. The Balaban J connectivity index is 2.11. The molecule has 0 aromatic heterocycles. The van der Waals surface area contributed by atoms with E-state index >= 15 is 0 Å². The molecular weight excluding hydrogens is 148 g/mol. The van der Waals surface area contributed by atoms with Crippen LogP contribution in [0.1, 0.15) is 26.2 Å². The van der Waals surface area contributed by atoms with Crippen molar-refractivity contribution in [3.63, 3.8) is 0 Å².